The van der Waals surface area contributed by atoms with E-state index in [0.29, 0.717) is 6.54 Å². The van der Waals surface area contributed by atoms with Crippen LogP contribution in [0.1, 0.15) is 17.2 Å². The minimum atomic E-state index is -0.726. The highest BCUT2D eigenvalue weighted by Gasteiger charge is 2.35. The fourth-order valence-electron chi connectivity index (χ4n) is 3.75. The standard InChI is InChI=1S/C21H23N3O3/c25-18-14-27-20(19(23-18)16-7-2-1-3-8-16)21(26)22-11-13-24-12-10-15-6-4-5-9-17(15)24/h1-9,19-20H,10-14H2,(H,22,26)(H,23,25)/t19-,20+/m1/s1. The van der Waals surface area contributed by atoms with Crippen molar-refractivity contribution in [2.75, 3.05) is 31.1 Å². The first-order valence-corrected chi connectivity index (χ1v) is 9.29. The summed E-state index contributed by atoms with van der Waals surface area (Å²) >= 11 is 0. The van der Waals surface area contributed by atoms with Crippen molar-refractivity contribution in [2.24, 2.45) is 0 Å². The van der Waals surface area contributed by atoms with Gasteiger partial charge < -0.3 is 20.3 Å². The van der Waals surface area contributed by atoms with Gasteiger partial charge in [0.2, 0.25) is 5.91 Å². The molecule has 2 amide bonds. The van der Waals surface area contributed by atoms with Crippen LogP contribution in [-0.4, -0.2) is 44.2 Å². The molecule has 2 aliphatic rings. The zero-order valence-corrected chi connectivity index (χ0v) is 15.1. The number of para-hydroxylation sites is 1. The minimum absolute atomic E-state index is 0.0963. The number of nitrogens with one attached hydrogen (secondary N) is 2. The molecule has 0 spiro atoms. The number of morpholine rings is 1. The van der Waals surface area contributed by atoms with Crippen LogP contribution in [0.3, 0.4) is 0 Å². The van der Waals surface area contributed by atoms with E-state index in [2.05, 4.69) is 33.7 Å². The number of carbonyl (C=O) groups excluding carboxylic acids is 2. The van der Waals surface area contributed by atoms with Gasteiger partial charge in [-0.15, -0.1) is 0 Å². The summed E-state index contributed by atoms with van der Waals surface area (Å²) in [7, 11) is 0. The van der Waals surface area contributed by atoms with E-state index in [1.807, 2.05) is 36.4 Å². The van der Waals surface area contributed by atoms with Gasteiger partial charge in [0.25, 0.3) is 5.91 Å². The Kier molecular flexibility index (Phi) is 5.07. The fraction of sp³-hybridized carbons (Fsp3) is 0.333. The van der Waals surface area contributed by atoms with E-state index in [0.717, 1.165) is 25.1 Å². The van der Waals surface area contributed by atoms with E-state index in [9.17, 15) is 9.59 Å². The van der Waals surface area contributed by atoms with Crippen LogP contribution in [0, 0.1) is 0 Å². The van der Waals surface area contributed by atoms with E-state index < -0.39 is 12.1 Å². The van der Waals surface area contributed by atoms with Crippen molar-refractivity contribution in [3.8, 4) is 0 Å². The summed E-state index contributed by atoms with van der Waals surface area (Å²) < 4.78 is 5.56. The van der Waals surface area contributed by atoms with Gasteiger partial charge in [-0.2, -0.15) is 0 Å². The molecule has 2 atom stereocenters. The Labute approximate surface area is 158 Å². The molecule has 140 valence electrons. The molecule has 6 heteroatoms. The molecule has 0 bridgehead atoms. The third-order valence-electron chi connectivity index (χ3n) is 5.09. The summed E-state index contributed by atoms with van der Waals surface area (Å²) in [6, 6.07) is 17.3. The Balaban J connectivity index is 1.36. The summed E-state index contributed by atoms with van der Waals surface area (Å²) in [5, 5.41) is 5.84. The SMILES string of the molecule is O=C1CO[C@H](C(=O)NCCN2CCc3ccccc32)[C@@H](c2ccccc2)N1. The summed E-state index contributed by atoms with van der Waals surface area (Å²) in [6.07, 6.45) is 0.314. The van der Waals surface area contributed by atoms with Crippen LogP contribution in [-0.2, 0) is 20.7 Å². The van der Waals surface area contributed by atoms with Gasteiger partial charge in [-0.1, -0.05) is 48.5 Å². The van der Waals surface area contributed by atoms with Crippen LogP contribution < -0.4 is 15.5 Å². The lowest BCUT2D eigenvalue weighted by molar-refractivity contribution is -0.148. The van der Waals surface area contributed by atoms with Gasteiger partial charge in [0.05, 0.1) is 6.04 Å². The highest BCUT2D eigenvalue weighted by molar-refractivity contribution is 5.86. The lowest BCUT2D eigenvalue weighted by atomic mass is 9.99. The number of rotatable bonds is 5. The van der Waals surface area contributed by atoms with Crippen molar-refractivity contribution in [1.29, 1.82) is 0 Å². The highest BCUT2D eigenvalue weighted by atomic mass is 16.5. The molecular formula is C21H23N3O3. The molecule has 2 N–H and O–H groups in total. The zero-order chi connectivity index (χ0) is 18.6. The Morgan fingerprint density at radius 2 is 1.93 bits per heavy atom. The van der Waals surface area contributed by atoms with Crippen LogP contribution in [0.4, 0.5) is 5.69 Å². The molecular weight excluding hydrogens is 342 g/mol. The molecule has 2 aromatic carbocycles. The molecule has 2 aliphatic heterocycles. The largest absolute Gasteiger partial charge is 0.369 e. The molecule has 4 rings (SSSR count). The van der Waals surface area contributed by atoms with Crippen molar-refractivity contribution in [3.63, 3.8) is 0 Å². The molecule has 2 heterocycles. The maximum atomic E-state index is 12.7. The van der Waals surface area contributed by atoms with Gasteiger partial charge in [0.15, 0.2) is 6.10 Å². The smallest absolute Gasteiger partial charge is 0.251 e. The molecule has 1 saturated heterocycles. The lowest BCUT2D eigenvalue weighted by Crippen LogP contribution is -2.53. The zero-order valence-electron chi connectivity index (χ0n) is 15.1. The quantitative estimate of drug-likeness (QED) is 0.841. The first kappa shape index (κ1) is 17.5. The van der Waals surface area contributed by atoms with E-state index in [1.165, 1.54) is 11.3 Å². The van der Waals surface area contributed by atoms with Gasteiger partial charge in [-0.05, 0) is 23.6 Å². The Hall–Kier alpha value is -2.86. The molecule has 1 fully saturated rings. The first-order valence-electron chi connectivity index (χ1n) is 9.29. The van der Waals surface area contributed by atoms with Crippen molar-refractivity contribution in [1.82, 2.24) is 10.6 Å². The number of hydrogen-bond donors (Lipinski definition) is 2. The number of ether oxygens (including phenoxy) is 1. The number of benzene rings is 2. The Morgan fingerprint density at radius 3 is 2.78 bits per heavy atom. The molecule has 0 aliphatic carbocycles. The maximum Gasteiger partial charge on any atom is 0.251 e. The summed E-state index contributed by atoms with van der Waals surface area (Å²) in [5.74, 6) is -0.405. The minimum Gasteiger partial charge on any atom is -0.369 e. The van der Waals surface area contributed by atoms with Gasteiger partial charge in [-0.25, -0.2) is 0 Å². The van der Waals surface area contributed by atoms with Crippen molar-refractivity contribution >= 4 is 17.5 Å². The second-order valence-corrected chi connectivity index (χ2v) is 6.84. The third-order valence-corrected chi connectivity index (χ3v) is 5.09. The van der Waals surface area contributed by atoms with Gasteiger partial charge in [0.1, 0.15) is 6.61 Å². The number of fused-ring (bicyclic) bond motifs is 1. The van der Waals surface area contributed by atoms with E-state index in [-0.39, 0.29) is 18.4 Å². The number of anilines is 1. The maximum absolute atomic E-state index is 12.7. The predicted octanol–water partition coefficient (Wildman–Crippen LogP) is 1.42. The molecule has 2 aromatic rings. The van der Waals surface area contributed by atoms with Crippen molar-refractivity contribution < 1.29 is 14.3 Å². The van der Waals surface area contributed by atoms with Gasteiger partial charge in [0, 0.05) is 25.3 Å². The Morgan fingerprint density at radius 1 is 1.15 bits per heavy atom. The molecule has 6 nitrogen and oxygen atoms in total. The summed E-state index contributed by atoms with van der Waals surface area (Å²) in [5.41, 5.74) is 3.46. The molecule has 0 unspecified atom stereocenters. The highest BCUT2D eigenvalue weighted by Crippen LogP contribution is 2.27. The van der Waals surface area contributed by atoms with Crippen LogP contribution in [0.2, 0.25) is 0 Å². The monoisotopic (exact) mass is 365 g/mol. The second-order valence-electron chi connectivity index (χ2n) is 6.84. The average molecular weight is 365 g/mol. The number of hydrogen-bond acceptors (Lipinski definition) is 4. The van der Waals surface area contributed by atoms with Gasteiger partial charge >= 0.3 is 0 Å². The number of nitrogens with zero attached hydrogens (tertiary/aromatic N) is 1. The molecule has 0 radical (unpaired) electrons. The summed E-state index contributed by atoms with van der Waals surface area (Å²) in [4.78, 5) is 26.7. The molecule has 0 saturated carbocycles. The van der Waals surface area contributed by atoms with E-state index in [1.54, 1.807) is 0 Å². The number of carbonyl (C=O) groups is 2. The van der Waals surface area contributed by atoms with E-state index in [4.69, 9.17) is 4.74 Å². The Bertz CT molecular complexity index is 824. The molecule has 0 aromatic heterocycles. The second kappa shape index (κ2) is 7.80. The first-order chi connectivity index (χ1) is 13.2. The normalized spacial score (nSPS) is 21.5. The number of amides is 2. The predicted molar refractivity (Wildman–Crippen MR) is 102 cm³/mol. The van der Waals surface area contributed by atoms with Crippen LogP contribution in [0.5, 0.6) is 0 Å². The van der Waals surface area contributed by atoms with Crippen LogP contribution in [0.15, 0.2) is 54.6 Å². The van der Waals surface area contributed by atoms with Crippen LogP contribution >= 0.6 is 0 Å². The third kappa shape index (κ3) is 3.80. The lowest BCUT2D eigenvalue weighted by Gasteiger charge is -2.32. The summed E-state index contributed by atoms with van der Waals surface area (Å²) in [6.45, 7) is 2.15. The van der Waals surface area contributed by atoms with Gasteiger partial charge in [-0.3, -0.25) is 9.59 Å². The average Bonchev–Trinajstić information content (AvgIpc) is 3.12. The molecule has 27 heavy (non-hydrogen) atoms. The topological polar surface area (TPSA) is 70.7 Å². The fourth-order valence-corrected chi connectivity index (χ4v) is 3.75. The van der Waals surface area contributed by atoms with Crippen LogP contribution in [0.25, 0.3) is 0 Å². The van der Waals surface area contributed by atoms with Crippen molar-refractivity contribution in [3.05, 3.63) is 65.7 Å². The van der Waals surface area contributed by atoms with Crippen molar-refractivity contribution in [2.45, 2.75) is 18.6 Å². The van der Waals surface area contributed by atoms with E-state index >= 15 is 0 Å².